The smallest absolute Gasteiger partial charge is 0.178 e. The summed E-state index contributed by atoms with van der Waals surface area (Å²) < 4.78 is 22.7. The molecule has 0 amide bonds. The Bertz CT molecular complexity index is 2340. The highest BCUT2D eigenvalue weighted by atomic mass is 19.1. The molecule has 1 fully saturated rings. The van der Waals surface area contributed by atoms with Gasteiger partial charge in [-0.25, -0.2) is 4.39 Å². The summed E-state index contributed by atoms with van der Waals surface area (Å²) in [6.45, 7) is 4.68. The van der Waals surface area contributed by atoms with Crippen LogP contribution in [0.4, 0.5) is 4.39 Å². The van der Waals surface area contributed by atoms with Crippen molar-refractivity contribution in [1.29, 1.82) is 0 Å². The molecule has 1 aliphatic heterocycles. The standard InChI is InChI=1S/C46H37FO/c1-44(2)38-18-10-9-15-32(38)33-21-19-30(27-39(33)44)46(29-13-5-3-6-14-29)26-23-37-42-41(34-16-7-8-17-35(34)43(37)48-46)36-22-20-31(47)28-40(36)45(42)24-11-4-12-25-45/h3,5-10,13-23,26-28H,4,11-12,24-25H2,1-2H3. The topological polar surface area (TPSA) is 9.23 Å². The summed E-state index contributed by atoms with van der Waals surface area (Å²) in [5.41, 5.74) is 12.5. The van der Waals surface area contributed by atoms with E-state index >= 15 is 4.39 Å². The van der Waals surface area contributed by atoms with Crippen LogP contribution in [0.3, 0.4) is 0 Å². The highest BCUT2D eigenvalue weighted by molar-refractivity contribution is 6.08. The van der Waals surface area contributed by atoms with Crippen molar-refractivity contribution in [1.82, 2.24) is 0 Å². The number of hydrogen-bond acceptors (Lipinski definition) is 1. The van der Waals surface area contributed by atoms with Crippen LogP contribution in [0.15, 0.2) is 121 Å². The highest BCUT2D eigenvalue weighted by Crippen LogP contribution is 2.62. The first-order valence-corrected chi connectivity index (χ1v) is 17.5. The van der Waals surface area contributed by atoms with E-state index in [1.165, 1.54) is 50.8 Å². The summed E-state index contributed by atoms with van der Waals surface area (Å²) in [6.07, 6.45) is 10.2. The molecule has 234 valence electrons. The van der Waals surface area contributed by atoms with E-state index < -0.39 is 5.60 Å². The molecule has 0 N–H and O–H groups in total. The van der Waals surface area contributed by atoms with Gasteiger partial charge in [-0.1, -0.05) is 136 Å². The van der Waals surface area contributed by atoms with E-state index in [1.54, 1.807) is 6.07 Å². The van der Waals surface area contributed by atoms with Crippen LogP contribution in [0.25, 0.3) is 39.1 Å². The molecule has 1 saturated carbocycles. The molecule has 0 bridgehead atoms. The lowest BCUT2D eigenvalue weighted by Crippen LogP contribution is -2.36. The quantitative estimate of drug-likeness (QED) is 0.186. The maximum atomic E-state index is 15.1. The Hall–Kier alpha value is -4.95. The number of halogens is 1. The summed E-state index contributed by atoms with van der Waals surface area (Å²) in [6, 6.07) is 40.7. The highest BCUT2D eigenvalue weighted by Gasteiger charge is 2.49. The molecule has 6 aromatic rings. The minimum Gasteiger partial charge on any atom is -0.472 e. The Kier molecular flexibility index (Phi) is 5.73. The normalized spacial score (nSPS) is 20.5. The lowest BCUT2D eigenvalue weighted by Gasteiger charge is -2.41. The molecule has 1 unspecified atom stereocenters. The summed E-state index contributed by atoms with van der Waals surface area (Å²) in [7, 11) is 0. The van der Waals surface area contributed by atoms with Crippen LogP contribution in [0.5, 0.6) is 5.75 Å². The maximum absolute atomic E-state index is 15.1. The van der Waals surface area contributed by atoms with Gasteiger partial charge in [0.05, 0.1) is 0 Å². The molecule has 0 saturated heterocycles. The fraction of sp³-hybridized carbons (Fsp3) is 0.217. The summed E-state index contributed by atoms with van der Waals surface area (Å²) in [5.74, 6) is 0.776. The molecule has 0 aromatic heterocycles. The van der Waals surface area contributed by atoms with Gasteiger partial charge in [0.1, 0.15) is 11.6 Å². The van der Waals surface area contributed by atoms with Crippen LogP contribution in [-0.2, 0) is 16.4 Å². The van der Waals surface area contributed by atoms with E-state index in [2.05, 4.69) is 123 Å². The Morgan fingerprint density at radius 1 is 0.604 bits per heavy atom. The van der Waals surface area contributed by atoms with Gasteiger partial charge in [-0.2, -0.15) is 0 Å². The monoisotopic (exact) mass is 624 g/mol. The molecule has 4 aliphatic rings. The Labute approximate surface area is 281 Å². The van der Waals surface area contributed by atoms with Crippen LogP contribution in [0, 0.1) is 5.82 Å². The number of benzene rings is 6. The Balaban J connectivity index is 1.25. The largest absolute Gasteiger partial charge is 0.472 e. The van der Waals surface area contributed by atoms with Crippen molar-refractivity contribution >= 4 is 16.8 Å². The molecular weight excluding hydrogens is 588 g/mol. The van der Waals surface area contributed by atoms with Gasteiger partial charge in [0.2, 0.25) is 0 Å². The molecule has 1 heterocycles. The zero-order valence-corrected chi connectivity index (χ0v) is 27.4. The van der Waals surface area contributed by atoms with Crippen molar-refractivity contribution in [2.75, 3.05) is 0 Å². The number of hydrogen-bond donors (Lipinski definition) is 0. The van der Waals surface area contributed by atoms with E-state index in [4.69, 9.17) is 4.74 Å². The fourth-order valence-electron chi connectivity index (χ4n) is 9.91. The number of ether oxygens (including phenoxy) is 1. The van der Waals surface area contributed by atoms with Gasteiger partial charge in [0.25, 0.3) is 0 Å². The number of rotatable bonds is 2. The van der Waals surface area contributed by atoms with E-state index in [0.29, 0.717) is 0 Å². The van der Waals surface area contributed by atoms with Gasteiger partial charge in [-0.3, -0.25) is 0 Å². The second kappa shape index (κ2) is 9.80. The molecule has 1 spiro atoms. The third kappa shape index (κ3) is 3.56. The minimum absolute atomic E-state index is 0.127. The third-order valence-electron chi connectivity index (χ3n) is 12.1. The predicted octanol–water partition coefficient (Wildman–Crippen LogP) is 11.9. The average Bonchev–Trinajstić information content (AvgIpc) is 3.53. The van der Waals surface area contributed by atoms with Gasteiger partial charge in [-0.05, 0) is 87.0 Å². The molecule has 1 nitrogen and oxygen atoms in total. The van der Waals surface area contributed by atoms with E-state index in [9.17, 15) is 0 Å². The molecule has 0 radical (unpaired) electrons. The van der Waals surface area contributed by atoms with Crippen LogP contribution in [-0.4, -0.2) is 0 Å². The van der Waals surface area contributed by atoms with Crippen molar-refractivity contribution in [3.05, 3.63) is 166 Å². The van der Waals surface area contributed by atoms with E-state index in [1.807, 2.05) is 12.1 Å². The lowest BCUT2D eigenvalue weighted by atomic mass is 9.66. The second-order valence-electron chi connectivity index (χ2n) is 14.8. The van der Waals surface area contributed by atoms with E-state index in [-0.39, 0.29) is 16.6 Å². The Morgan fingerprint density at radius 2 is 1.31 bits per heavy atom. The van der Waals surface area contributed by atoms with Crippen molar-refractivity contribution in [3.63, 3.8) is 0 Å². The van der Waals surface area contributed by atoms with Gasteiger partial charge in [0, 0.05) is 32.9 Å². The molecule has 10 rings (SSSR count). The van der Waals surface area contributed by atoms with Crippen LogP contribution >= 0.6 is 0 Å². The van der Waals surface area contributed by atoms with Gasteiger partial charge in [-0.15, -0.1) is 0 Å². The van der Waals surface area contributed by atoms with Crippen molar-refractivity contribution in [2.24, 2.45) is 0 Å². The van der Waals surface area contributed by atoms with Gasteiger partial charge >= 0.3 is 0 Å². The van der Waals surface area contributed by atoms with Gasteiger partial charge < -0.3 is 4.74 Å². The average molecular weight is 625 g/mol. The zero-order chi connectivity index (χ0) is 32.3. The predicted molar refractivity (Wildman–Crippen MR) is 194 cm³/mol. The number of fused-ring (bicyclic) bond motifs is 13. The van der Waals surface area contributed by atoms with E-state index in [0.717, 1.165) is 59.1 Å². The van der Waals surface area contributed by atoms with Gasteiger partial charge in [0.15, 0.2) is 5.60 Å². The molecule has 3 aliphatic carbocycles. The molecule has 1 atom stereocenters. The first-order chi connectivity index (χ1) is 23.4. The zero-order valence-electron chi connectivity index (χ0n) is 27.4. The molecule has 48 heavy (non-hydrogen) atoms. The molecule has 6 aromatic carbocycles. The second-order valence-corrected chi connectivity index (χ2v) is 14.8. The maximum Gasteiger partial charge on any atom is 0.178 e. The summed E-state index contributed by atoms with van der Waals surface area (Å²) in [4.78, 5) is 0. The summed E-state index contributed by atoms with van der Waals surface area (Å²) in [5, 5.41) is 2.29. The summed E-state index contributed by atoms with van der Waals surface area (Å²) >= 11 is 0. The van der Waals surface area contributed by atoms with Crippen LogP contribution in [0.1, 0.15) is 84.9 Å². The Morgan fingerprint density at radius 3 is 2.15 bits per heavy atom. The SMILES string of the molecule is CC1(C)c2ccccc2-c2ccc(C3(c4ccccc4)C=Cc4c5c(c6ccccc6c4O3)-c3ccc(F)cc3C53CCCCC3)cc21. The minimum atomic E-state index is -0.831. The first-order valence-electron chi connectivity index (χ1n) is 17.5. The van der Waals surface area contributed by atoms with Crippen molar-refractivity contribution < 1.29 is 9.13 Å². The fourth-order valence-corrected chi connectivity index (χ4v) is 9.91. The van der Waals surface area contributed by atoms with Crippen molar-refractivity contribution in [3.8, 4) is 28.0 Å². The van der Waals surface area contributed by atoms with Crippen molar-refractivity contribution in [2.45, 2.75) is 62.4 Å². The van der Waals surface area contributed by atoms with Crippen LogP contribution in [0.2, 0.25) is 0 Å². The molecular formula is C46H37FO. The lowest BCUT2D eigenvalue weighted by molar-refractivity contribution is 0.163. The molecule has 2 heteroatoms. The third-order valence-corrected chi connectivity index (χ3v) is 12.1. The van der Waals surface area contributed by atoms with Crippen LogP contribution < -0.4 is 4.74 Å². The first kappa shape index (κ1) is 28.1.